The van der Waals surface area contributed by atoms with Crippen LogP contribution in [0.3, 0.4) is 0 Å². The Labute approximate surface area is 462 Å². The fraction of sp³-hybridized carbons (Fsp3) is 0.638. The molecule has 0 aliphatic rings. The van der Waals surface area contributed by atoms with Gasteiger partial charge in [-0.15, -0.1) is 0 Å². The average molecular weight is 1040 g/mol. The van der Waals surface area contributed by atoms with Gasteiger partial charge in [-0.1, -0.05) is 244 Å². The maximum Gasteiger partial charge on any atom is 0.306 e. The van der Waals surface area contributed by atoms with Crippen LogP contribution < -0.4 is 0 Å². The molecule has 1 unspecified atom stereocenters. The highest BCUT2D eigenvalue weighted by Gasteiger charge is 2.19. The fourth-order valence-corrected chi connectivity index (χ4v) is 8.08. The van der Waals surface area contributed by atoms with Gasteiger partial charge in [-0.25, -0.2) is 0 Å². The average Bonchev–Trinajstić information content (AvgIpc) is 3.41. The molecular weight excluding hydrogens is 925 g/mol. The van der Waals surface area contributed by atoms with Crippen molar-refractivity contribution >= 4 is 17.9 Å². The Bertz CT molecular complexity index is 1620. The first-order chi connectivity index (χ1) is 37.0. The highest BCUT2D eigenvalue weighted by molar-refractivity contribution is 5.71. The van der Waals surface area contributed by atoms with Gasteiger partial charge in [-0.3, -0.25) is 14.4 Å². The molecule has 0 aromatic heterocycles. The van der Waals surface area contributed by atoms with Crippen molar-refractivity contribution in [2.75, 3.05) is 13.2 Å². The van der Waals surface area contributed by atoms with E-state index in [0.29, 0.717) is 12.8 Å². The van der Waals surface area contributed by atoms with Crippen molar-refractivity contribution in [1.29, 1.82) is 0 Å². The van der Waals surface area contributed by atoms with E-state index in [-0.39, 0.29) is 37.5 Å². The lowest BCUT2D eigenvalue weighted by Crippen LogP contribution is -2.30. The molecule has 0 rings (SSSR count). The normalized spacial score (nSPS) is 13.1. The van der Waals surface area contributed by atoms with Crippen LogP contribution in [-0.4, -0.2) is 37.2 Å². The third-order valence-corrected chi connectivity index (χ3v) is 12.6. The maximum absolute atomic E-state index is 12.8. The summed E-state index contributed by atoms with van der Waals surface area (Å²) in [5.41, 5.74) is 0. The Morgan fingerprint density at radius 2 is 0.520 bits per heavy atom. The number of unbranched alkanes of at least 4 members (excludes halogenated alkanes) is 21. The second-order valence-electron chi connectivity index (χ2n) is 19.8. The van der Waals surface area contributed by atoms with Crippen LogP contribution in [0.15, 0.2) is 134 Å². The summed E-state index contributed by atoms with van der Waals surface area (Å²) < 4.78 is 16.8. The SMILES string of the molecule is CC/C=C\C/C=C\C/C=C\C/C=C\C/C=C\C/C=C\C/C=C\CCCCCCCCCCCC(=O)OCC(COC(=O)CCCCCCC/C=C\CCCCCC)OC(=O)CCCCC/C=C\C/C=C\C/C=C\CC. The summed E-state index contributed by atoms with van der Waals surface area (Å²) in [6.07, 6.45) is 87.4. The molecule has 0 amide bonds. The van der Waals surface area contributed by atoms with Gasteiger partial charge in [-0.2, -0.15) is 0 Å². The van der Waals surface area contributed by atoms with Crippen LogP contribution in [0.5, 0.6) is 0 Å². The minimum absolute atomic E-state index is 0.0987. The molecule has 0 aromatic rings. The lowest BCUT2D eigenvalue weighted by Gasteiger charge is -2.18. The third kappa shape index (κ3) is 60.3. The van der Waals surface area contributed by atoms with Gasteiger partial charge in [0.1, 0.15) is 13.2 Å². The minimum atomic E-state index is -0.803. The first kappa shape index (κ1) is 70.5. The zero-order valence-corrected chi connectivity index (χ0v) is 48.5. The van der Waals surface area contributed by atoms with Crippen molar-refractivity contribution in [3.05, 3.63) is 134 Å². The lowest BCUT2D eigenvalue weighted by atomic mass is 10.1. The standard InChI is InChI=1S/C69H112O6/c1-4-7-10-13-16-19-22-25-26-27-28-29-30-31-32-33-34-35-36-37-38-39-40-41-42-45-47-50-53-56-59-62-68(71)74-65-66(75-69(72)63-60-57-54-51-48-44-24-21-18-15-12-9-6-3)64-73-67(70)61-58-55-52-49-46-43-23-20-17-14-11-8-5-2/h7,9-10,12,16,18-21,23,25-26,28-29,31-32,34-35,37-38,44,48,66H,4-6,8,11,13-15,17,22,24,27,30,33,36,39-43,45-47,49-65H2,1-3H3/b10-7-,12-9-,19-16-,21-18-,23-20-,26-25-,29-28-,32-31-,35-34-,38-37-,48-44-. The number of rotatable bonds is 54. The number of esters is 3. The van der Waals surface area contributed by atoms with Gasteiger partial charge in [-0.05, 0) is 135 Å². The van der Waals surface area contributed by atoms with Crippen LogP contribution in [0, 0.1) is 0 Å². The van der Waals surface area contributed by atoms with Crippen LogP contribution in [0.25, 0.3) is 0 Å². The van der Waals surface area contributed by atoms with Crippen molar-refractivity contribution in [2.45, 2.75) is 271 Å². The molecule has 0 saturated carbocycles. The van der Waals surface area contributed by atoms with Crippen LogP contribution in [0.1, 0.15) is 265 Å². The summed E-state index contributed by atoms with van der Waals surface area (Å²) >= 11 is 0. The molecule has 0 N–H and O–H groups in total. The van der Waals surface area contributed by atoms with Crippen molar-refractivity contribution in [3.63, 3.8) is 0 Å². The van der Waals surface area contributed by atoms with Gasteiger partial charge >= 0.3 is 17.9 Å². The monoisotopic (exact) mass is 1040 g/mol. The molecular formula is C69H112O6. The largest absolute Gasteiger partial charge is 0.462 e. The Kier molecular flexibility index (Phi) is 58.4. The molecule has 0 radical (unpaired) electrons. The second kappa shape index (κ2) is 62.1. The molecule has 75 heavy (non-hydrogen) atoms. The molecule has 6 nitrogen and oxygen atoms in total. The molecule has 424 valence electrons. The molecule has 0 aliphatic heterocycles. The van der Waals surface area contributed by atoms with Gasteiger partial charge < -0.3 is 14.2 Å². The minimum Gasteiger partial charge on any atom is -0.462 e. The maximum atomic E-state index is 12.8. The van der Waals surface area contributed by atoms with Gasteiger partial charge in [0, 0.05) is 19.3 Å². The van der Waals surface area contributed by atoms with Crippen LogP contribution in [0.2, 0.25) is 0 Å². The summed E-state index contributed by atoms with van der Waals surface area (Å²) in [7, 11) is 0. The van der Waals surface area contributed by atoms with E-state index in [1.807, 2.05) is 0 Å². The van der Waals surface area contributed by atoms with E-state index in [9.17, 15) is 14.4 Å². The number of carbonyl (C=O) groups is 3. The number of ether oxygens (including phenoxy) is 3. The van der Waals surface area contributed by atoms with Gasteiger partial charge in [0.25, 0.3) is 0 Å². The van der Waals surface area contributed by atoms with Crippen molar-refractivity contribution < 1.29 is 28.6 Å². The van der Waals surface area contributed by atoms with E-state index in [0.717, 1.165) is 148 Å². The molecule has 0 bridgehead atoms. The zero-order valence-electron chi connectivity index (χ0n) is 48.5. The number of hydrogen-bond donors (Lipinski definition) is 0. The highest BCUT2D eigenvalue weighted by Crippen LogP contribution is 2.14. The van der Waals surface area contributed by atoms with Crippen molar-refractivity contribution in [3.8, 4) is 0 Å². The van der Waals surface area contributed by atoms with Crippen LogP contribution >= 0.6 is 0 Å². The summed E-state index contributed by atoms with van der Waals surface area (Å²) in [4.78, 5) is 38.1. The van der Waals surface area contributed by atoms with E-state index in [1.165, 1.54) is 77.0 Å². The third-order valence-electron chi connectivity index (χ3n) is 12.6. The second-order valence-corrected chi connectivity index (χ2v) is 19.8. The van der Waals surface area contributed by atoms with E-state index >= 15 is 0 Å². The summed E-state index contributed by atoms with van der Waals surface area (Å²) in [6, 6.07) is 0. The molecule has 0 aliphatic carbocycles. The number of carbonyl (C=O) groups excluding carboxylic acids is 3. The smallest absolute Gasteiger partial charge is 0.306 e. The number of allylic oxidation sites excluding steroid dienone is 22. The molecule has 1 atom stereocenters. The van der Waals surface area contributed by atoms with Crippen LogP contribution in [0.4, 0.5) is 0 Å². The Morgan fingerprint density at radius 3 is 0.840 bits per heavy atom. The van der Waals surface area contributed by atoms with E-state index in [4.69, 9.17) is 14.2 Å². The number of hydrogen-bond acceptors (Lipinski definition) is 6. The van der Waals surface area contributed by atoms with E-state index in [1.54, 1.807) is 0 Å². The predicted molar refractivity (Wildman–Crippen MR) is 325 cm³/mol. The molecule has 0 fully saturated rings. The fourth-order valence-electron chi connectivity index (χ4n) is 8.08. The summed E-state index contributed by atoms with van der Waals surface area (Å²) in [5.74, 6) is -0.945. The summed E-state index contributed by atoms with van der Waals surface area (Å²) in [5, 5.41) is 0. The molecule has 6 heteroatoms. The molecule has 0 spiro atoms. The topological polar surface area (TPSA) is 78.9 Å². The Balaban J connectivity index is 4.28. The quantitative estimate of drug-likeness (QED) is 0.0261. The molecule has 0 aromatic carbocycles. The van der Waals surface area contributed by atoms with Gasteiger partial charge in [0.2, 0.25) is 0 Å². The van der Waals surface area contributed by atoms with Crippen LogP contribution in [-0.2, 0) is 28.6 Å². The van der Waals surface area contributed by atoms with Gasteiger partial charge in [0.15, 0.2) is 6.10 Å². The van der Waals surface area contributed by atoms with Crippen molar-refractivity contribution in [2.24, 2.45) is 0 Å². The first-order valence-electron chi connectivity index (χ1n) is 30.7. The van der Waals surface area contributed by atoms with E-state index < -0.39 is 6.10 Å². The first-order valence-corrected chi connectivity index (χ1v) is 30.7. The Morgan fingerprint density at radius 1 is 0.280 bits per heavy atom. The lowest BCUT2D eigenvalue weighted by molar-refractivity contribution is -0.167. The summed E-state index contributed by atoms with van der Waals surface area (Å²) in [6.45, 7) is 6.35. The molecule has 0 saturated heterocycles. The van der Waals surface area contributed by atoms with E-state index in [2.05, 4.69) is 154 Å². The van der Waals surface area contributed by atoms with Crippen molar-refractivity contribution in [1.82, 2.24) is 0 Å². The predicted octanol–water partition coefficient (Wildman–Crippen LogP) is 21.0. The highest BCUT2D eigenvalue weighted by atomic mass is 16.6. The Hall–Kier alpha value is -4.45. The van der Waals surface area contributed by atoms with Gasteiger partial charge in [0.05, 0.1) is 0 Å². The zero-order chi connectivity index (χ0) is 54.3. The molecule has 0 heterocycles.